The first-order valence-electron chi connectivity index (χ1n) is 6.93. The third-order valence-corrected chi connectivity index (χ3v) is 5.54. The van der Waals surface area contributed by atoms with E-state index in [1.165, 1.54) is 25.3 Å². The molecule has 1 heterocycles. The summed E-state index contributed by atoms with van der Waals surface area (Å²) in [6, 6.07) is 9.52. The van der Waals surface area contributed by atoms with E-state index < -0.39 is 15.8 Å². The summed E-state index contributed by atoms with van der Waals surface area (Å²) < 4.78 is 45.2. The van der Waals surface area contributed by atoms with Crippen LogP contribution in [-0.2, 0) is 10.0 Å². The topological polar surface area (TPSA) is 63.7 Å². The summed E-state index contributed by atoms with van der Waals surface area (Å²) in [5.41, 5.74) is 0.298. The van der Waals surface area contributed by atoms with Crippen molar-refractivity contribution < 1.29 is 22.3 Å². The van der Waals surface area contributed by atoms with Crippen LogP contribution in [0.25, 0.3) is 0 Å². The van der Waals surface area contributed by atoms with Crippen molar-refractivity contribution >= 4 is 21.5 Å². The van der Waals surface area contributed by atoms with Crippen molar-refractivity contribution in [2.45, 2.75) is 11.3 Å². The molecule has 120 valence electrons. The van der Waals surface area contributed by atoms with E-state index in [2.05, 4.69) is 0 Å². The number of hydrogen-bond donors (Lipinski definition) is 0. The largest absolute Gasteiger partial charge is 0.497 e. The third kappa shape index (κ3) is 2.68. The van der Waals surface area contributed by atoms with E-state index >= 15 is 0 Å². The Hall–Kier alpha value is -2.41. The molecule has 2 aromatic carbocycles. The van der Waals surface area contributed by atoms with Gasteiger partial charge in [-0.1, -0.05) is 0 Å². The van der Waals surface area contributed by atoms with Crippen molar-refractivity contribution in [1.29, 1.82) is 0 Å². The van der Waals surface area contributed by atoms with Gasteiger partial charge in [-0.2, -0.15) is 0 Å². The van der Waals surface area contributed by atoms with Crippen molar-refractivity contribution in [2.24, 2.45) is 0 Å². The first kappa shape index (κ1) is 15.5. The Morgan fingerprint density at radius 1 is 1.13 bits per heavy atom. The maximum atomic E-state index is 13.4. The predicted octanol–water partition coefficient (Wildman–Crippen LogP) is 2.62. The standard InChI is InChI=1S/C16H14FNO4S/c1-22-12-3-5-13(6-4-12)23(20,21)18-9-8-16(19)14-10-11(17)2-7-15(14)18/h2-7,10H,8-9H2,1H3. The fourth-order valence-electron chi connectivity index (χ4n) is 2.53. The number of anilines is 1. The van der Waals surface area contributed by atoms with Gasteiger partial charge in [0.25, 0.3) is 10.0 Å². The Morgan fingerprint density at radius 2 is 1.83 bits per heavy atom. The fraction of sp³-hybridized carbons (Fsp3) is 0.188. The number of ketones is 1. The Kier molecular flexibility index (Phi) is 3.81. The Morgan fingerprint density at radius 3 is 2.48 bits per heavy atom. The lowest BCUT2D eigenvalue weighted by molar-refractivity contribution is 0.0981. The number of halogens is 1. The highest BCUT2D eigenvalue weighted by molar-refractivity contribution is 7.92. The molecule has 0 bridgehead atoms. The quantitative estimate of drug-likeness (QED) is 0.865. The van der Waals surface area contributed by atoms with E-state index in [0.717, 1.165) is 16.4 Å². The van der Waals surface area contributed by atoms with Crippen LogP contribution < -0.4 is 9.04 Å². The van der Waals surface area contributed by atoms with Gasteiger partial charge < -0.3 is 4.74 Å². The van der Waals surface area contributed by atoms with Crippen LogP contribution in [0.4, 0.5) is 10.1 Å². The van der Waals surface area contributed by atoms with Gasteiger partial charge in [-0.3, -0.25) is 9.10 Å². The molecule has 0 saturated carbocycles. The van der Waals surface area contributed by atoms with Crippen molar-refractivity contribution in [3.63, 3.8) is 0 Å². The second kappa shape index (κ2) is 5.66. The van der Waals surface area contributed by atoms with Crippen LogP contribution in [0.15, 0.2) is 47.4 Å². The summed E-state index contributed by atoms with van der Waals surface area (Å²) >= 11 is 0. The SMILES string of the molecule is COc1ccc(S(=O)(=O)N2CCC(=O)c3cc(F)ccc32)cc1. The molecular weight excluding hydrogens is 321 g/mol. The van der Waals surface area contributed by atoms with Crippen LogP contribution in [0.1, 0.15) is 16.8 Å². The number of nitrogens with zero attached hydrogens (tertiary/aromatic N) is 1. The maximum absolute atomic E-state index is 13.4. The molecule has 0 amide bonds. The summed E-state index contributed by atoms with van der Waals surface area (Å²) in [5.74, 6) is -0.290. The zero-order valence-electron chi connectivity index (χ0n) is 12.3. The van der Waals surface area contributed by atoms with Crippen LogP contribution in [-0.4, -0.2) is 27.9 Å². The van der Waals surface area contributed by atoms with Gasteiger partial charge in [0.05, 0.1) is 17.7 Å². The summed E-state index contributed by atoms with van der Waals surface area (Å²) in [6.45, 7) is 0.0336. The van der Waals surface area contributed by atoms with Crippen molar-refractivity contribution in [1.82, 2.24) is 0 Å². The number of carbonyl (C=O) groups excluding carboxylic acids is 1. The van der Waals surface area contributed by atoms with Gasteiger partial charge in [0, 0.05) is 18.5 Å². The second-order valence-corrected chi connectivity index (χ2v) is 6.95. The Labute approximate surface area is 133 Å². The van der Waals surface area contributed by atoms with Crippen LogP contribution >= 0.6 is 0 Å². The molecule has 0 unspecified atom stereocenters. The fourth-order valence-corrected chi connectivity index (χ4v) is 4.02. The van der Waals surface area contributed by atoms with Crippen LogP contribution in [0, 0.1) is 5.82 Å². The third-order valence-electron chi connectivity index (χ3n) is 3.72. The number of sulfonamides is 1. The van der Waals surface area contributed by atoms with Gasteiger partial charge in [0.15, 0.2) is 5.78 Å². The molecule has 0 fully saturated rings. The number of fused-ring (bicyclic) bond motifs is 1. The number of methoxy groups -OCH3 is 1. The van der Waals surface area contributed by atoms with Crippen LogP contribution in [0.5, 0.6) is 5.75 Å². The zero-order chi connectivity index (χ0) is 16.6. The molecular formula is C16H14FNO4S. The number of rotatable bonds is 3. The molecule has 0 radical (unpaired) electrons. The summed E-state index contributed by atoms with van der Waals surface area (Å²) in [4.78, 5) is 12.0. The molecule has 0 N–H and O–H groups in total. The summed E-state index contributed by atoms with van der Waals surface area (Å²) in [5, 5.41) is 0. The molecule has 0 aliphatic carbocycles. The molecule has 1 aliphatic heterocycles. The average molecular weight is 335 g/mol. The Bertz CT molecular complexity index is 862. The van der Waals surface area contributed by atoms with E-state index in [9.17, 15) is 17.6 Å². The smallest absolute Gasteiger partial charge is 0.264 e. The van der Waals surface area contributed by atoms with Crippen molar-refractivity contribution in [2.75, 3.05) is 18.0 Å². The number of ether oxygens (including phenoxy) is 1. The van der Waals surface area contributed by atoms with Crippen LogP contribution in [0.2, 0.25) is 0 Å². The lowest BCUT2D eigenvalue weighted by Gasteiger charge is -2.29. The van der Waals surface area contributed by atoms with E-state index in [1.807, 2.05) is 0 Å². The highest BCUT2D eigenvalue weighted by Gasteiger charge is 2.32. The predicted molar refractivity (Wildman–Crippen MR) is 82.9 cm³/mol. The molecule has 5 nitrogen and oxygen atoms in total. The lowest BCUT2D eigenvalue weighted by atomic mass is 10.0. The Balaban J connectivity index is 2.07. The molecule has 23 heavy (non-hydrogen) atoms. The monoisotopic (exact) mass is 335 g/mol. The molecule has 2 aromatic rings. The molecule has 0 saturated heterocycles. The molecule has 7 heteroatoms. The first-order chi connectivity index (χ1) is 10.9. The van der Waals surface area contributed by atoms with Gasteiger partial charge >= 0.3 is 0 Å². The number of hydrogen-bond acceptors (Lipinski definition) is 4. The molecule has 0 atom stereocenters. The van der Waals surface area contributed by atoms with E-state index in [0.29, 0.717) is 5.75 Å². The maximum Gasteiger partial charge on any atom is 0.264 e. The minimum Gasteiger partial charge on any atom is -0.497 e. The number of benzene rings is 2. The molecule has 0 aromatic heterocycles. The summed E-state index contributed by atoms with van der Waals surface area (Å²) in [7, 11) is -2.34. The van der Waals surface area contributed by atoms with Gasteiger partial charge in [-0.25, -0.2) is 12.8 Å². The minimum atomic E-state index is -3.83. The molecule has 3 rings (SSSR count). The van der Waals surface area contributed by atoms with Gasteiger partial charge in [-0.15, -0.1) is 0 Å². The molecule has 0 spiro atoms. The molecule has 1 aliphatic rings. The van der Waals surface area contributed by atoms with Crippen LogP contribution in [0.3, 0.4) is 0 Å². The van der Waals surface area contributed by atoms with E-state index in [4.69, 9.17) is 4.74 Å². The van der Waals surface area contributed by atoms with Crippen molar-refractivity contribution in [3.05, 3.63) is 53.8 Å². The van der Waals surface area contributed by atoms with Gasteiger partial charge in [0.1, 0.15) is 11.6 Å². The zero-order valence-corrected chi connectivity index (χ0v) is 13.1. The second-order valence-electron chi connectivity index (χ2n) is 5.09. The first-order valence-corrected chi connectivity index (χ1v) is 8.37. The van der Waals surface area contributed by atoms with E-state index in [1.54, 1.807) is 12.1 Å². The van der Waals surface area contributed by atoms with Crippen molar-refractivity contribution in [3.8, 4) is 5.75 Å². The highest BCUT2D eigenvalue weighted by atomic mass is 32.2. The van der Waals surface area contributed by atoms with Gasteiger partial charge in [0.2, 0.25) is 0 Å². The average Bonchev–Trinajstić information content (AvgIpc) is 2.55. The number of carbonyl (C=O) groups is 1. The summed E-state index contributed by atoms with van der Waals surface area (Å²) in [6.07, 6.45) is 0.0197. The highest BCUT2D eigenvalue weighted by Crippen LogP contribution is 2.32. The normalized spacial score (nSPS) is 14.5. The number of Topliss-reactive ketones (excluding diaryl/α,β-unsaturated/α-hetero) is 1. The van der Waals surface area contributed by atoms with Gasteiger partial charge in [-0.05, 0) is 42.5 Å². The lowest BCUT2D eigenvalue weighted by Crippen LogP contribution is -2.37. The van der Waals surface area contributed by atoms with E-state index in [-0.39, 0.29) is 34.9 Å². The minimum absolute atomic E-state index is 0.0197.